The highest BCUT2D eigenvalue weighted by Gasteiger charge is 2.31. The molecule has 0 aliphatic heterocycles. The first kappa shape index (κ1) is 18.1. The SMILES string of the molecule is N[C@@H](CCS)C(=O)N(CP(=O)(O)O)CP(=O)(O)O. The number of nitrogens with zero attached hydrogens (tertiary/aromatic N) is 1. The van der Waals surface area contributed by atoms with E-state index < -0.39 is 39.7 Å². The Balaban J connectivity index is 4.92. The zero-order valence-corrected chi connectivity index (χ0v) is 12.0. The first-order valence-corrected chi connectivity index (χ1v) is 8.93. The summed E-state index contributed by atoms with van der Waals surface area (Å²) in [7, 11) is -9.27. The minimum Gasteiger partial charge on any atom is -0.323 e. The van der Waals surface area contributed by atoms with Gasteiger partial charge in [-0.05, 0) is 12.2 Å². The lowest BCUT2D eigenvalue weighted by Gasteiger charge is -2.25. The van der Waals surface area contributed by atoms with Crippen LogP contribution in [0.4, 0.5) is 0 Å². The molecular weight excluding hydrogens is 306 g/mol. The summed E-state index contributed by atoms with van der Waals surface area (Å²) in [4.78, 5) is 47.1. The maximum atomic E-state index is 11.7. The molecule has 0 radical (unpaired) electrons. The van der Waals surface area contributed by atoms with Crippen molar-refractivity contribution in [2.75, 3.05) is 18.3 Å². The minimum absolute atomic E-state index is 0.126. The van der Waals surface area contributed by atoms with E-state index in [0.717, 1.165) is 0 Å². The molecule has 0 saturated carbocycles. The van der Waals surface area contributed by atoms with E-state index in [1.807, 2.05) is 0 Å². The van der Waals surface area contributed by atoms with Crippen LogP contribution in [0.3, 0.4) is 0 Å². The molecule has 0 aliphatic carbocycles. The zero-order chi connectivity index (χ0) is 14.6. The average molecular weight is 322 g/mol. The van der Waals surface area contributed by atoms with E-state index in [9.17, 15) is 13.9 Å². The third-order valence-corrected chi connectivity index (χ3v) is 3.46. The van der Waals surface area contributed by atoms with Gasteiger partial charge in [-0.15, -0.1) is 0 Å². The Morgan fingerprint density at radius 2 is 1.56 bits per heavy atom. The first-order valence-electron chi connectivity index (χ1n) is 4.70. The van der Waals surface area contributed by atoms with Gasteiger partial charge in [-0.1, -0.05) is 0 Å². The molecule has 0 aliphatic rings. The van der Waals surface area contributed by atoms with Gasteiger partial charge in [-0.3, -0.25) is 13.9 Å². The quantitative estimate of drug-likeness (QED) is 0.250. The van der Waals surface area contributed by atoms with Crippen molar-refractivity contribution >= 4 is 33.7 Å². The molecule has 0 aromatic rings. The number of hydrogen-bond donors (Lipinski definition) is 6. The number of rotatable bonds is 7. The molecule has 0 spiro atoms. The van der Waals surface area contributed by atoms with Crippen LogP contribution in [0.15, 0.2) is 0 Å². The van der Waals surface area contributed by atoms with Gasteiger partial charge < -0.3 is 30.2 Å². The van der Waals surface area contributed by atoms with Gasteiger partial charge in [0.05, 0.1) is 6.04 Å². The summed E-state index contributed by atoms with van der Waals surface area (Å²) >= 11 is 3.84. The third-order valence-electron chi connectivity index (χ3n) is 1.78. The Kier molecular flexibility index (Phi) is 7.05. The van der Waals surface area contributed by atoms with E-state index in [1.54, 1.807) is 0 Å². The Morgan fingerprint density at radius 1 is 1.17 bits per heavy atom. The van der Waals surface area contributed by atoms with Gasteiger partial charge in [0.2, 0.25) is 5.91 Å². The van der Waals surface area contributed by atoms with Gasteiger partial charge in [0.1, 0.15) is 12.6 Å². The number of hydrogen-bond acceptors (Lipinski definition) is 5. The van der Waals surface area contributed by atoms with Crippen molar-refractivity contribution < 1.29 is 33.5 Å². The fourth-order valence-corrected chi connectivity index (χ4v) is 2.93. The summed E-state index contributed by atoms with van der Waals surface area (Å²) in [5, 5.41) is 0. The van der Waals surface area contributed by atoms with Crippen LogP contribution >= 0.6 is 27.8 Å². The minimum atomic E-state index is -4.63. The molecule has 0 saturated heterocycles. The molecular formula is C6H16N2O7P2S. The molecule has 1 atom stereocenters. The number of amides is 1. The van der Waals surface area contributed by atoms with Gasteiger partial charge in [-0.2, -0.15) is 12.6 Å². The van der Waals surface area contributed by atoms with Gasteiger partial charge in [-0.25, -0.2) is 0 Å². The number of thiol groups is 1. The van der Waals surface area contributed by atoms with Crippen LogP contribution in [0.25, 0.3) is 0 Å². The van der Waals surface area contributed by atoms with Crippen molar-refractivity contribution in [3.8, 4) is 0 Å². The molecule has 0 unspecified atom stereocenters. The molecule has 1 amide bonds. The lowest BCUT2D eigenvalue weighted by Crippen LogP contribution is -2.44. The molecule has 108 valence electrons. The van der Waals surface area contributed by atoms with Crippen LogP contribution in [0.1, 0.15) is 6.42 Å². The Hall–Kier alpha value is 0.0800. The van der Waals surface area contributed by atoms with Crippen LogP contribution in [0, 0.1) is 0 Å². The predicted octanol–water partition coefficient (Wildman–Crippen LogP) is -1.27. The molecule has 0 aromatic carbocycles. The summed E-state index contributed by atoms with van der Waals surface area (Å²) in [6.45, 7) is 0. The van der Waals surface area contributed by atoms with Crippen molar-refractivity contribution in [2.24, 2.45) is 5.73 Å². The molecule has 0 fully saturated rings. The van der Waals surface area contributed by atoms with Crippen LogP contribution in [0.2, 0.25) is 0 Å². The zero-order valence-electron chi connectivity index (χ0n) is 9.29. The summed E-state index contributed by atoms with van der Waals surface area (Å²) in [6.07, 6.45) is -2.05. The highest BCUT2D eigenvalue weighted by atomic mass is 32.1. The summed E-state index contributed by atoms with van der Waals surface area (Å²) in [6, 6.07) is -1.11. The normalized spacial score (nSPS) is 14.3. The van der Waals surface area contributed by atoms with E-state index in [1.165, 1.54) is 0 Å². The van der Waals surface area contributed by atoms with E-state index in [0.29, 0.717) is 4.90 Å². The molecule has 0 bridgehead atoms. The monoisotopic (exact) mass is 322 g/mol. The topological polar surface area (TPSA) is 161 Å². The second-order valence-corrected chi connectivity index (χ2v) is 7.28. The maximum Gasteiger partial charge on any atom is 0.344 e. The molecule has 6 N–H and O–H groups in total. The third kappa shape index (κ3) is 8.23. The Labute approximate surface area is 109 Å². The number of nitrogens with two attached hydrogens (primary N) is 1. The highest BCUT2D eigenvalue weighted by molar-refractivity contribution is 7.80. The van der Waals surface area contributed by atoms with Crippen molar-refractivity contribution in [3.05, 3.63) is 0 Å². The van der Waals surface area contributed by atoms with Crippen LogP contribution < -0.4 is 5.73 Å². The average Bonchev–Trinajstić information content (AvgIpc) is 2.11. The largest absolute Gasteiger partial charge is 0.344 e. The molecule has 0 aromatic heterocycles. The molecule has 0 rings (SSSR count). The van der Waals surface area contributed by atoms with E-state index in [4.69, 9.17) is 25.3 Å². The van der Waals surface area contributed by atoms with E-state index >= 15 is 0 Å². The van der Waals surface area contributed by atoms with Crippen molar-refractivity contribution in [1.82, 2.24) is 4.90 Å². The lowest BCUT2D eigenvalue weighted by molar-refractivity contribution is -0.131. The maximum absolute atomic E-state index is 11.7. The smallest absolute Gasteiger partial charge is 0.323 e. The molecule has 18 heavy (non-hydrogen) atoms. The van der Waals surface area contributed by atoms with E-state index in [2.05, 4.69) is 12.6 Å². The highest BCUT2D eigenvalue weighted by Crippen LogP contribution is 2.41. The molecule has 9 nitrogen and oxygen atoms in total. The van der Waals surface area contributed by atoms with Crippen molar-refractivity contribution in [2.45, 2.75) is 12.5 Å². The van der Waals surface area contributed by atoms with Crippen molar-refractivity contribution in [1.29, 1.82) is 0 Å². The summed E-state index contributed by atoms with van der Waals surface area (Å²) < 4.78 is 21.6. The van der Waals surface area contributed by atoms with Gasteiger partial charge in [0.15, 0.2) is 0 Å². The van der Waals surface area contributed by atoms with Gasteiger partial charge in [0.25, 0.3) is 0 Å². The summed E-state index contributed by atoms with van der Waals surface area (Å²) in [5.74, 6) is -0.678. The fraction of sp³-hybridized carbons (Fsp3) is 0.833. The summed E-state index contributed by atoms with van der Waals surface area (Å²) in [5.41, 5.74) is 5.42. The Bertz CT molecular complexity index is 356. The molecule has 12 heteroatoms. The standard InChI is InChI=1S/C6H16N2O7P2S/c7-5(1-2-18)6(9)8(3-16(10,11)12)4-17(13,14)15/h5,18H,1-4,7H2,(H2,10,11,12)(H2,13,14,15)/t5-/m0/s1. The Morgan fingerprint density at radius 3 is 1.83 bits per heavy atom. The number of carbonyl (C=O) groups is 1. The van der Waals surface area contributed by atoms with Crippen molar-refractivity contribution in [3.63, 3.8) is 0 Å². The second-order valence-electron chi connectivity index (χ2n) is 3.61. The van der Waals surface area contributed by atoms with E-state index in [-0.39, 0.29) is 12.2 Å². The number of carbonyl (C=O) groups excluding carboxylic acids is 1. The first-order chi connectivity index (χ1) is 7.96. The lowest BCUT2D eigenvalue weighted by atomic mass is 10.2. The molecule has 0 heterocycles. The van der Waals surface area contributed by atoms with Gasteiger partial charge in [0, 0.05) is 0 Å². The van der Waals surface area contributed by atoms with Crippen LogP contribution in [0.5, 0.6) is 0 Å². The predicted molar refractivity (Wildman–Crippen MR) is 67.1 cm³/mol. The van der Waals surface area contributed by atoms with Crippen LogP contribution in [-0.2, 0) is 13.9 Å². The van der Waals surface area contributed by atoms with Gasteiger partial charge >= 0.3 is 15.2 Å². The van der Waals surface area contributed by atoms with Crippen LogP contribution in [-0.4, -0.2) is 54.7 Å². The fourth-order valence-electron chi connectivity index (χ4n) is 1.13. The second kappa shape index (κ2) is 7.02.